The molecule has 1 heterocycles. The van der Waals surface area contributed by atoms with Gasteiger partial charge < -0.3 is 5.73 Å². The van der Waals surface area contributed by atoms with Crippen LogP contribution < -0.4 is 5.73 Å². The van der Waals surface area contributed by atoms with Gasteiger partial charge in [0.15, 0.2) is 0 Å². The van der Waals surface area contributed by atoms with Gasteiger partial charge in [0.25, 0.3) is 0 Å². The van der Waals surface area contributed by atoms with Gasteiger partial charge in [-0.25, -0.2) is 4.39 Å². The third-order valence-electron chi connectivity index (χ3n) is 3.60. The molecular formula is C15H15BrFNS. The van der Waals surface area contributed by atoms with Crippen LogP contribution in [0.15, 0.2) is 28.7 Å². The number of benzene rings is 1. The van der Waals surface area contributed by atoms with Crippen molar-refractivity contribution in [2.75, 3.05) is 0 Å². The van der Waals surface area contributed by atoms with Gasteiger partial charge in [-0.05, 0) is 64.9 Å². The zero-order valence-corrected chi connectivity index (χ0v) is 12.9. The Bertz CT molecular complexity index is 587. The topological polar surface area (TPSA) is 26.0 Å². The predicted molar refractivity (Wildman–Crippen MR) is 81.1 cm³/mol. The molecular weight excluding hydrogens is 325 g/mol. The number of nitrogens with two attached hydrogens (primary N) is 1. The standard InChI is InChI=1S/C15H15BrFNS/c16-15-10(4-1-5-11(15)17)7-12(18)14-8-9-3-2-6-13(9)19-14/h1,4-5,8,12H,2-3,6-7,18H2. The lowest BCUT2D eigenvalue weighted by molar-refractivity contribution is 0.614. The lowest BCUT2D eigenvalue weighted by Crippen LogP contribution is -2.12. The van der Waals surface area contributed by atoms with E-state index in [4.69, 9.17) is 5.73 Å². The highest BCUT2D eigenvalue weighted by Gasteiger charge is 2.19. The van der Waals surface area contributed by atoms with Crippen LogP contribution in [0.5, 0.6) is 0 Å². The van der Waals surface area contributed by atoms with Crippen molar-refractivity contribution in [1.29, 1.82) is 0 Å². The van der Waals surface area contributed by atoms with Crippen molar-refractivity contribution in [3.05, 3.63) is 55.4 Å². The summed E-state index contributed by atoms with van der Waals surface area (Å²) in [6.07, 6.45) is 4.31. The Labute approximate surface area is 124 Å². The number of hydrogen-bond donors (Lipinski definition) is 1. The molecule has 0 saturated heterocycles. The third-order valence-corrected chi connectivity index (χ3v) is 5.86. The summed E-state index contributed by atoms with van der Waals surface area (Å²) >= 11 is 5.12. The average molecular weight is 340 g/mol. The molecule has 0 amide bonds. The zero-order valence-electron chi connectivity index (χ0n) is 10.5. The van der Waals surface area contributed by atoms with Crippen LogP contribution in [0.4, 0.5) is 4.39 Å². The Balaban J connectivity index is 1.80. The third kappa shape index (κ3) is 2.62. The van der Waals surface area contributed by atoms with Crippen LogP contribution in [-0.2, 0) is 19.3 Å². The van der Waals surface area contributed by atoms with Crippen molar-refractivity contribution in [2.24, 2.45) is 5.73 Å². The zero-order chi connectivity index (χ0) is 13.4. The molecule has 1 nitrogen and oxygen atoms in total. The van der Waals surface area contributed by atoms with Crippen LogP contribution in [0, 0.1) is 5.82 Å². The van der Waals surface area contributed by atoms with E-state index in [0.717, 1.165) is 5.56 Å². The van der Waals surface area contributed by atoms with Gasteiger partial charge >= 0.3 is 0 Å². The van der Waals surface area contributed by atoms with Crippen LogP contribution >= 0.6 is 27.3 Å². The van der Waals surface area contributed by atoms with E-state index >= 15 is 0 Å². The molecule has 1 unspecified atom stereocenters. The minimum Gasteiger partial charge on any atom is -0.323 e. The smallest absolute Gasteiger partial charge is 0.137 e. The van der Waals surface area contributed by atoms with Crippen molar-refractivity contribution < 1.29 is 4.39 Å². The Kier molecular flexibility index (Phi) is 3.74. The van der Waals surface area contributed by atoms with Crippen molar-refractivity contribution in [2.45, 2.75) is 31.7 Å². The Morgan fingerprint density at radius 1 is 1.37 bits per heavy atom. The molecule has 3 rings (SSSR count). The van der Waals surface area contributed by atoms with Gasteiger partial charge in [0, 0.05) is 15.8 Å². The molecule has 0 radical (unpaired) electrons. The molecule has 0 bridgehead atoms. The first-order chi connectivity index (χ1) is 9.15. The first-order valence-corrected chi connectivity index (χ1v) is 8.06. The molecule has 1 aliphatic carbocycles. The minimum atomic E-state index is -0.224. The summed E-state index contributed by atoms with van der Waals surface area (Å²) in [7, 11) is 0. The Morgan fingerprint density at radius 3 is 3.00 bits per heavy atom. The number of aryl methyl sites for hydroxylation is 2. The van der Waals surface area contributed by atoms with Crippen LogP contribution in [0.25, 0.3) is 0 Å². The van der Waals surface area contributed by atoms with Gasteiger partial charge in [-0.1, -0.05) is 12.1 Å². The molecule has 2 aromatic rings. The molecule has 4 heteroatoms. The lowest BCUT2D eigenvalue weighted by atomic mass is 10.0. The summed E-state index contributed by atoms with van der Waals surface area (Å²) in [6, 6.07) is 7.31. The number of fused-ring (bicyclic) bond motifs is 1. The highest BCUT2D eigenvalue weighted by Crippen LogP contribution is 2.34. The van der Waals surface area contributed by atoms with E-state index in [9.17, 15) is 4.39 Å². The van der Waals surface area contributed by atoms with E-state index in [1.54, 1.807) is 6.07 Å². The largest absolute Gasteiger partial charge is 0.323 e. The first kappa shape index (κ1) is 13.3. The summed E-state index contributed by atoms with van der Waals surface area (Å²) in [5.41, 5.74) is 8.67. The molecule has 19 heavy (non-hydrogen) atoms. The molecule has 0 spiro atoms. The summed E-state index contributed by atoms with van der Waals surface area (Å²) < 4.78 is 14.0. The molecule has 1 aromatic heterocycles. The van der Waals surface area contributed by atoms with E-state index in [1.165, 1.54) is 40.6 Å². The van der Waals surface area contributed by atoms with Crippen LogP contribution in [0.2, 0.25) is 0 Å². The number of thiophene rings is 1. The van der Waals surface area contributed by atoms with E-state index in [-0.39, 0.29) is 11.9 Å². The normalized spacial score (nSPS) is 15.5. The number of hydrogen-bond acceptors (Lipinski definition) is 2. The van der Waals surface area contributed by atoms with E-state index in [1.807, 2.05) is 17.4 Å². The van der Waals surface area contributed by atoms with E-state index in [2.05, 4.69) is 22.0 Å². The highest BCUT2D eigenvalue weighted by molar-refractivity contribution is 9.10. The van der Waals surface area contributed by atoms with Crippen molar-refractivity contribution in [3.63, 3.8) is 0 Å². The van der Waals surface area contributed by atoms with E-state index < -0.39 is 0 Å². The lowest BCUT2D eigenvalue weighted by Gasteiger charge is -2.11. The van der Waals surface area contributed by atoms with Gasteiger partial charge in [-0.3, -0.25) is 0 Å². The summed E-state index contributed by atoms with van der Waals surface area (Å²) in [4.78, 5) is 2.71. The van der Waals surface area contributed by atoms with Crippen LogP contribution in [-0.4, -0.2) is 0 Å². The molecule has 1 aromatic carbocycles. The summed E-state index contributed by atoms with van der Waals surface area (Å²) in [5.74, 6) is -0.224. The number of rotatable bonds is 3. The fourth-order valence-corrected chi connectivity index (χ4v) is 4.26. The van der Waals surface area contributed by atoms with Crippen molar-refractivity contribution in [3.8, 4) is 0 Å². The highest BCUT2D eigenvalue weighted by atomic mass is 79.9. The molecule has 100 valence electrons. The first-order valence-electron chi connectivity index (χ1n) is 6.45. The van der Waals surface area contributed by atoms with Crippen molar-refractivity contribution >= 4 is 27.3 Å². The summed E-state index contributed by atoms with van der Waals surface area (Å²) in [6.45, 7) is 0. The second-order valence-electron chi connectivity index (χ2n) is 4.97. The molecule has 1 atom stereocenters. The van der Waals surface area contributed by atoms with Crippen LogP contribution in [0.1, 0.15) is 33.3 Å². The van der Waals surface area contributed by atoms with Gasteiger partial charge in [0.2, 0.25) is 0 Å². The van der Waals surface area contributed by atoms with Crippen molar-refractivity contribution in [1.82, 2.24) is 0 Å². The molecule has 2 N–H and O–H groups in total. The Hall–Kier alpha value is -0.710. The Morgan fingerprint density at radius 2 is 2.21 bits per heavy atom. The molecule has 0 fully saturated rings. The quantitative estimate of drug-likeness (QED) is 0.882. The monoisotopic (exact) mass is 339 g/mol. The van der Waals surface area contributed by atoms with Gasteiger partial charge in [-0.15, -0.1) is 11.3 Å². The second-order valence-corrected chi connectivity index (χ2v) is 6.94. The maximum atomic E-state index is 13.5. The van der Waals surface area contributed by atoms with Gasteiger partial charge in [0.1, 0.15) is 5.82 Å². The van der Waals surface area contributed by atoms with Crippen LogP contribution in [0.3, 0.4) is 0 Å². The fraction of sp³-hybridized carbons (Fsp3) is 0.333. The number of halogens is 2. The van der Waals surface area contributed by atoms with Gasteiger partial charge in [0.05, 0.1) is 4.47 Å². The second kappa shape index (κ2) is 5.35. The molecule has 1 aliphatic rings. The SMILES string of the molecule is NC(Cc1cccc(F)c1Br)c1cc2c(s1)CCC2. The van der Waals surface area contributed by atoms with Gasteiger partial charge in [-0.2, -0.15) is 0 Å². The summed E-state index contributed by atoms with van der Waals surface area (Å²) in [5, 5.41) is 0. The minimum absolute atomic E-state index is 0.0475. The maximum Gasteiger partial charge on any atom is 0.137 e. The molecule has 0 saturated carbocycles. The maximum absolute atomic E-state index is 13.5. The van der Waals surface area contributed by atoms with E-state index in [0.29, 0.717) is 10.9 Å². The molecule has 0 aliphatic heterocycles. The predicted octanol–water partition coefficient (Wildman–Crippen LogP) is 4.38. The fourth-order valence-electron chi connectivity index (χ4n) is 2.58. The average Bonchev–Trinajstić information content (AvgIpc) is 2.95.